The van der Waals surface area contributed by atoms with Crippen molar-refractivity contribution < 1.29 is 9.53 Å². The number of hydrogen-bond donors (Lipinski definition) is 1. The Morgan fingerprint density at radius 3 is 2.50 bits per heavy atom. The Bertz CT molecular complexity index is 448. The molecule has 124 valence electrons. The van der Waals surface area contributed by atoms with E-state index in [1.807, 2.05) is 31.2 Å². The van der Waals surface area contributed by atoms with E-state index in [0.29, 0.717) is 24.1 Å². The molecule has 0 bridgehead atoms. The van der Waals surface area contributed by atoms with Crippen LogP contribution in [0.25, 0.3) is 0 Å². The van der Waals surface area contributed by atoms with Gasteiger partial charge in [-0.15, -0.1) is 0 Å². The summed E-state index contributed by atoms with van der Waals surface area (Å²) >= 11 is 5.88. The lowest BCUT2D eigenvalue weighted by Crippen LogP contribution is -2.39. The van der Waals surface area contributed by atoms with Gasteiger partial charge >= 0.3 is 6.03 Å². The lowest BCUT2D eigenvalue weighted by molar-refractivity contribution is 0.107. The summed E-state index contributed by atoms with van der Waals surface area (Å²) < 4.78 is 5.49. The van der Waals surface area contributed by atoms with Gasteiger partial charge in [0.2, 0.25) is 0 Å². The second-order valence-electron chi connectivity index (χ2n) is 5.89. The van der Waals surface area contributed by atoms with Crippen LogP contribution < -0.4 is 5.32 Å². The number of amides is 2. The highest BCUT2D eigenvalue weighted by molar-refractivity contribution is 6.30. The second-order valence-corrected chi connectivity index (χ2v) is 6.33. The van der Waals surface area contributed by atoms with Crippen LogP contribution in [0.2, 0.25) is 5.02 Å². The highest BCUT2D eigenvalue weighted by Crippen LogP contribution is 2.20. The normalized spacial score (nSPS) is 12.3. The minimum Gasteiger partial charge on any atom is -0.381 e. The highest BCUT2D eigenvalue weighted by Gasteiger charge is 2.16. The lowest BCUT2D eigenvalue weighted by Gasteiger charge is -2.25. The van der Waals surface area contributed by atoms with E-state index in [1.54, 1.807) is 11.9 Å². The lowest BCUT2D eigenvalue weighted by atomic mass is 10.1. The monoisotopic (exact) mass is 326 g/mol. The Labute approximate surface area is 138 Å². The van der Waals surface area contributed by atoms with Crippen molar-refractivity contribution in [2.24, 2.45) is 5.92 Å². The molecule has 1 N–H and O–H groups in total. The maximum absolute atomic E-state index is 12.1. The van der Waals surface area contributed by atoms with Crippen LogP contribution in [0.1, 0.15) is 38.8 Å². The summed E-state index contributed by atoms with van der Waals surface area (Å²) in [6, 6.07) is 7.48. The number of ether oxygens (including phenoxy) is 1. The third-order valence-corrected chi connectivity index (χ3v) is 3.70. The fourth-order valence-electron chi connectivity index (χ4n) is 1.95. The summed E-state index contributed by atoms with van der Waals surface area (Å²) in [5.41, 5.74) is 1.06. The average Bonchev–Trinajstić information content (AvgIpc) is 2.49. The van der Waals surface area contributed by atoms with Gasteiger partial charge in [0.15, 0.2) is 0 Å². The molecule has 1 rings (SSSR count). The minimum atomic E-state index is -0.0775. The van der Waals surface area contributed by atoms with Gasteiger partial charge < -0.3 is 15.0 Å². The molecule has 1 aromatic rings. The fourth-order valence-corrected chi connectivity index (χ4v) is 2.08. The summed E-state index contributed by atoms with van der Waals surface area (Å²) in [6.45, 7) is 8.29. The highest BCUT2D eigenvalue weighted by atomic mass is 35.5. The van der Waals surface area contributed by atoms with E-state index in [1.165, 1.54) is 0 Å². The van der Waals surface area contributed by atoms with E-state index in [9.17, 15) is 4.79 Å². The quantitative estimate of drug-likeness (QED) is 0.730. The number of hydrogen-bond acceptors (Lipinski definition) is 2. The molecule has 0 aliphatic carbocycles. The van der Waals surface area contributed by atoms with Crippen molar-refractivity contribution in [2.45, 2.75) is 33.2 Å². The van der Waals surface area contributed by atoms with Gasteiger partial charge in [-0.2, -0.15) is 0 Å². The predicted octanol–water partition coefficient (Wildman–Crippen LogP) is 4.11. The number of carbonyl (C=O) groups is 1. The molecule has 1 aromatic carbocycles. The zero-order valence-electron chi connectivity index (χ0n) is 13.9. The zero-order valence-corrected chi connectivity index (χ0v) is 14.7. The first-order valence-electron chi connectivity index (χ1n) is 7.75. The molecule has 2 amide bonds. The van der Waals surface area contributed by atoms with Crippen molar-refractivity contribution in [3.05, 3.63) is 34.9 Å². The van der Waals surface area contributed by atoms with Crippen molar-refractivity contribution in [1.29, 1.82) is 0 Å². The Morgan fingerprint density at radius 1 is 1.27 bits per heavy atom. The molecule has 1 unspecified atom stereocenters. The Kier molecular flexibility index (Phi) is 8.28. The number of nitrogens with one attached hydrogen (secondary N) is 1. The van der Waals surface area contributed by atoms with Gasteiger partial charge in [-0.1, -0.05) is 37.6 Å². The molecule has 0 radical (unpaired) electrons. The summed E-state index contributed by atoms with van der Waals surface area (Å²) in [7, 11) is 1.80. The van der Waals surface area contributed by atoms with E-state index in [4.69, 9.17) is 16.3 Å². The zero-order chi connectivity index (χ0) is 16.5. The van der Waals surface area contributed by atoms with Crippen molar-refractivity contribution in [3.63, 3.8) is 0 Å². The van der Waals surface area contributed by atoms with Gasteiger partial charge in [-0.3, -0.25) is 0 Å². The van der Waals surface area contributed by atoms with Crippen LogP contribution in [-0.4, -0.2) is 37.7 Å². The molecule has 1 atom stereocenters. The third kappa shape index (κ3) is 6.67. The third-order valence-electron chi connectivity index (χ3n) is 3.45. The van der Waals surface area contributed by atoms with Gasteiger partial charge in [0, 0.05) is 31.8 Å². The fraction of sp³-hybridized carbons (Fsp3) is 0.588. The maximum atomic E-state index is 12.1. The average molecular weight is 327 g/mol. The molecule has 0 fully saturated rings. The summed E-state index contributed by atoms with van der Waals surface area (Å²) in [5.74, 6) is 0.543. The number of carbonyl (C=O) groups excluding carboxylic acids is 1. The molecule has 0 aliphatic rings. The Morgan fingerprint density at radius 2 is 1.91 bits per heavy atom. The Balaban J connectivity index is 2.30. The maximum Gasteiger partial charge on any atom is 0.317 e. The molecule has 22 heavy (non-hydrogen) atoms. The first-order chi connectivity index (χ1) is 10.4. The van der Waals surface area contributed by atoms with E-state index in [0.717, 1.165) is 18.6 Å². The minimum absolute atomic E-state index is 0.00513. The molecular weight excluding hydrogens is 300 g/mol. The van der Waals surface area contributed by atoms with E-state index in [-0.39, 0.29) is 12.1 Å². The van der Waals surface area contributed by atoms with Gasteiger partial charge in [0.05, 0.1) is 6.04 Å². The number of halogens is 1. The van der Waals surface area contributed by atoms with E-state index >= 15 is 0 Å². The molecule has 0 spiro atoms. The molecule has 0 heterocycles. The van der Waals surface area contributed by atoms with Crippen molar-refractivity contribution in [1.82, 2.24) is 10.2 Å². The molecule has 0 aliphatic heterocycles. The van der Waals surface area contributed by atoms with Crippen LogP contribution in [0.5, 0.6) is 0 Å². The van der Waals surface area contributed by atoms with Crippen LogP contribution in [0.3, 0.4) is 0 Å². The van der Waals surface area contributed by atoms with Gasteiger partial charge in [-0.05, 0) is 37.0 Å². The Hall–Kier alpha value is -1.26. The first kappa shape index (κ1) is 18.8. The van der Waals surface area contributed by atoms with Crippen LogP contribution in [0.4, 0.5) is 4.79 Å². The molecular formula is C17H27ClN2O2. The largest absolute Gasteiger partial charge is 0.381 e. The summed E-state index contributed by atoms with van der Waals surface area (Å²) in [5, 5.41) is 3.61. The van der Waals surface area contributed by atoms with Gasteiger partial charge in [-0.25, -0.2) is 4.79 Å². The van der Waals surface area contributed by atoms with Crippen LogP contribution >= 0.6 is 11.6 Å². The number of urea groups is 1. The first-order valence-corrected chi connectivity index (χ1v) is 8.13. The van der Waals surface area contributed by atoms with Gasteiger partial charge in [0.25, 0.3) is 0 Å². The van der Waals surface area contributed by atoms with Crippen LogP contribution in [0.15, 0.2) is 24.3 Å². The second kappa shape index (κ2) is 9.70. The van der Waals surface area contributed by atoms with Crippen molar-refractivity contribution in [3.8, 4) is 0 Å². The summed E-state index contributed by atoms with van der Waals surface area (Å²) in [6.07, 6.45) is 0.821. The van der Waals surface area contributed by atoms with Crippen molar-refractivity contribution in [2.75, 3.05) is 26.8 Å². The van der Waals surface area contributed by atoms with Crippen molar-refractivity contribution >= 4 is 17.6 Å². The number of benzene rings is 1. The predicted molar refractivity (Wildman–Crippen MR) is 91.3 cm³/mol. The van der Waals surface area contributed by atoms with Crippen LogP contribution in [0, 0.1) is 5.92 Å². The molecule has 0 aromatic heterocycles. The molecule has 0 saturated carbocycles. The molecule has 4 nitrogen and oxygen atoms in total. The molecule has 5 heteroatoms. The van der Waals surface area contributed by atoms with Crippen LogP contribution in [-0.2, 0) is 4.74 Å². The number of rotatable bonds is 8. The SMILES string of the molecule is CC(C)COCCCNC(=O)N(C)C(C)c1ccc(Cl)cc1. The molecule has 0 saturated heterocycles. The smallest absolute Gasteiger partial charge is 0.317 e. The summed E-state index contributed by atoms with van der Waals surface area (Å²) in [4.78, 5) is 13.8. The van der Waals surface area contributed by atoms with E-state index in [2.05, 4.69) is 19.2 Å². The number of nitrogens with zero attached hydrogens (tertiary/aromatic N) is 1. The topological polar surface area (TPSA) is 41.6 Å². The van der Waals surface area contributed by atoms with Gasteiger partial charge in [0.1, 0.15) is 0 Å². The van der Waals surface area contributed by atoms with E-state index < -0.39 is 0 Å². The standard InChI is InChI=1S/C17H27ClN2O2/c1-13(2)12-22-11-5-10-19-17(21)20(4)14(3)15-6-8-16(18)9-7-15/h6-9,13-14H,5,10-12H2,1-4H3,(H,19,21).